The van der Waals surface area contributed by atoms with E-state index in [-0.39, 0.29) is 12.0 Å². The summed E-state index contributed by atoms with van der Waals surface area (Å²) in [4.78, 5) is 23.2. The van der Waals surface area contributed by atoms with Crippen molar-refractivity contribution in [3.63, 3.8) is 0 Å². The minimum Gasteiger partial charge on any atom is -0.378 e. The Morgan fingerprint density at radius 3 is 2.82 bits per heavy atom. The van der Waals surface area contributed by atoms with Gasteiger partial charge in [-0.25, -0.2) is 4.98 Å². The van der Waals surface area contributed by atoms with Crippen LogP contribution in [0.2, 0.25) is 0 Å². The van der Waals surface area contributed by atoms with Gasteiger partial charge in [0.2, 0.25) is 0 Å². The third-order valence-corrected chi connectivity index (χ3v) is 6.11. The van der Waals surface area contributed by atoms with Gasteiger partial charge in [0.1, 0.15) is 5.82 Å². The molecule has 0 radical (unpaired) electrons. The van der Waals surface area contributed by atoms with E-state index in [1.54, 1.807) is 0 Å². The van der Waals surface area contributed by atoms with Crippen molar-refractivity contribution in [3.8, 4) is 0 Å². The van der Waals surface area contributed by atoms with Crippen molar-refractivity contribution in [2.24, 2.45) is 11.7 Å². The van der Waals surface area contributed by atoms with Gasteiger partial charge in [-0.05, 0) is 49.8 Å². The summed E-state index contributed by atoms with van der Waals surface area (Å²) in [6.45, 7) is 2.78. The van der Waals surface area contributed by atoms with Crippen molar-refractivity contribution in [2.45, 2.75) is 57.5 Å². The van der Waals surface area contributed by atoms with Gasteiger partial charge in [-0.15, -0.1) is 0 Å². The van der Waals surface area contributed by atoms with Gasteiger partial charge in [0.25, 0.3) is 5.91 Å². The third-order valence-electron chi connectivity index (χ3n) is 6.11. The number of hydrogen-bond donors (Lipinski definition) is 2. The number of nitrogens with one attached hydrogen (secondary N) is 1. The van der Waals surface area contributed by atoms with E-state index in [2.05, 4.69) is 9.97 Å². The van der Waals surface area contributed by atoms with E-state index in [4.69, 9.17) is 10.5 Å². The normalized spacial score (nSPS) is 20.7. The Kier molecular flexibility index (Phi) is 6.27. The zero-order valence-corrected chi connectivity index (χ0v) is 16.7. The topological polar surface area (TPSA) is 84.2 Å². The van der Waals surface area contributed by atoms with Crippen LogP contribution in [0, 0.1) is 5.92 Å². The molecule has 2 aliphatic rings. The molecule has 1 unspecified atom stereocenters. The van der Waals surface area contributed by atoms with Crippen molar-refractivity contribution in [3.05, 3.63) is 29.6 Å². The van der Waals surface area contributed by atoms with E-state index in [0.29, 0.717) is 24.6 Å². The zero-order valence-electron chi connectivity index (χ0n) is 16.7. The van der Waals surface area contributed by atoms with E-state index >= 15 is 0 Å². The Hall–Kier alpha value is -1.92. The Labute approximate surface area is 166 Å². The second-order valence-corrected chi connectivity index (χ2v) is 8.30. The Balaban J connectivity index is 1.48. The number of fused-ring (bicyclic) bond motifs is 1. The molecular formula is C22H32N4O2. The molecule has 2 fully saturated rings. The maximum atomic E-state index is 13.2. The second-order valence-electron chi connectivity index (χ2n) is 8.30. The van der Waals surface area contributed by atoms with Crippen LogP contribution in [0.5, 0.6) is 0 Å². The van der Waals surface area contributed by atoms with Crippen molar-refractivity contribution >= 4 is 16.9 Å². The summed E-state index contributed by atoms with van der Waals surface area (Å²) in [5.41, 5.74) is 8.34. The Bertz CT molecular complexity index is 791. The smallest absolute Gasteiger partial charge is 0.253 e. The second kappa shape index (κ2) is 9.05. The molecule has 0 spiro atoms. The molecule has 1 aliphatic heterocycles. The number of hydrogen-bond acceptors (Lipinski definition) is 4. The molecule has 2 aromatic rings. The number of aromatic amines is 1. The molecule has 4 rings (SSSR count). The zero-order chi connectivity index (χ0) is 19.3. The summed E-state index contributed by atoms with van der Waals surface area (Å²) < 4.78 is 5.71. The van der Waals surface area contributed by atoms with Crippen LogP contribution >= 0.6 is 0 Å². The third kappa shape index (κ3) is 4.55. The predicted molar refractivity (Wildman–Crippen MR) is 110 cm³/mol. The minimum atomic E-state index is 0.0770. The number of carbonyl (C=O) groups excluding carboxylic acids is 1. The van der Waals surface area contributed by atoms with Crippen molar-refractivity contribution in [2.75, 3.05) is 26.2 Å². The molecular weight excluding hydrogens is 352 g/mol. The first-order valence-corrected chi connectivity index (χ1v) is 10.8. The maximum absolute atomic E-state index is 13.2. The predicted octanol–water partition coefficient (Wildman–Crippen LogP) is 3.27. The average molecular weight is 385 g/mol. The number of imidazole rings is 1. The molecule has 1 aromatic heterocycles. The highest BCUT2D eigenvalue weighted by atomic mass is 16.5. The summed E-state index contributed by atoms with van der Waals surface area (Å²) in [5, 5.41) is 0. The number of rotatable bonds is 7. The number of H-pyrrole nitrogens is 1. The number of aromatic nitrogens is 2. The first kappa shape index (κ1) is 19.4. The lowest BCUT2D eigenvalue weighted by Gasteiger charge is -2.29. The van der Waals surface area contributed by atoms with Gasteiger partial charge in [-0.2, -0.15) is 0 Å². The lowest BCUT2D eigenvalue weighted by Crippen LogP contribution is -2.39. The van der Waals surface area contributed by atoms with Crippen LogP contribution in [0.1, 0.15) is 61.1 Å². The summed E-state index contributed by atoms with van der Waals surface area (Å²) in [6, 6.07) is 5.78. The fourth-order valence-corrected chi connectivity index (χ4v) is 4.61. The van der Waals surface area contributed by atoms with Gasteiger partial charge in [-0.1, -0.05) is 19.3 Å². The van der Waals surface area contributed by atoms with Crippen LogP contribution < -0.4 is 5.73 Å². The highest BCUT2D eigenvalue weighted by molar-refractivity contribution is 5.97. The SMILES string of the molecule is NCCN(CC1CCCCC1)C(=O)c1ccc2nc(CC3CCCO3)[nH]c2c1. The van der Waals surface area contributed by atoms with Gasteiger partial charge in [0, 0.05) is 38.2 Å². The van der Waals surface area contributed by atoms with Gasteiger partial charge in [-0.3, -0.25) is 4.79 Å². The van der Waals surface area contributed by atoms with Crippen molar-refractivity contribution < 1.29 is 9.53 Å². The van der Waals surface area contributed by atoms with Crippen molar-refractivity contribution in [1.29, 1.82) is 0 Å². The summed E-state index contributed by atoms with van der Waals surface area (Å²) in [7, 11) is 0. The van der Waals surface area contributed by atoms with Crippen LogP contribution in [0.3, 0.4) is 0 Å². The summed E-state index contributed by atoms with van der Waals surface area (Å²) in [5.74, 6) is 1.62. The van der Waals surface area contributed by atoms with Gasteiger partial charge in [0.15, 0.2) is 0 Å². The molecule has 152 valence electrons. The maximum Gasteiger partial charge on any atom is 0.253 e. The molecule has 1 atom stereocenters. The highest BCUT2D eigenvalue weighted by Crippen LogP contribution is 2.25. The van der Waals surface area contributed by atoms with Gasteiger partial charge >= 0.3 is 0 Å². The van der Waals surface area contributed by atoms with Gasteiger partial charge in [0.05, 0.1) is 17.1 Å². The molecule has 0 bridgehead atoms. The Morgan fingerprint density at radius 1 is 1.21 bits per heavy atom. The fraction of sp³-hybridized carbons (Fsp3) is 0.636. The molecule has 2 heterocycles. The number of ether oxygens (including phenoxy) is 1. The van der Waals surface area contributed by atoms with Gasteiger partial charge < -0.3 is 20.4 Å². The molecule has 28 heavy (non-hydrogen) atoms. The summed E-state index contributed by atoms with van der Waals surface area (Å²) >= 11 is 0. The van der Waals surface area contributed by atoms with E-state index in [9.17, 15) is 4.79 Å². The van der Waals surface area contributed by atoms with E-state index in [0.717, 1.165) is 49.3 Å². The quantitative estimate of drug-likeness (QED) is 0.767. The van der Waals surface area contributed by atoms with Crippen LogP contribution in [0.15, 0.2) is 18.2 Å². The standard InChI is InChI=1S/C22H32N4O2/c23-10-11-26(15-16-5-2-1-3-6-16)22(27)17-8-9-19-20(13-17)25-21(24-19)14-18-7-4-12-28-18/h8-9,13,16,18H,1-7,10-12,14-15,23H2,(H,24,25). The molecule has 1 saturated heterocycles. The minimum absolute atomic E-state index is 0.0770. The van der Waals surface area contributed by atoms with Crippen LogP contribution in [0.25, 0.3) is 11.0 Å². The molecule has 1 aromatic carbocycles. The number of nitrogens with two attached hydrogens (primary N) is 1. The monoisotopic (exact) mass is 384 g/mol. The van der Waals surface area contributed by atoms with Crippen LogP contribution in [-0.4, -0.2) is 53.1 Å². The molecule has 1 amide bonds. The summed E-state index contributed by atoms with van der Waals surface area (Å²) in [6.07, 6.45) is 9.62. The van der Waals surface area contributed by atoms with E-state index < -0.39 is 0 Å². The Morgan fingerprint density at radius 2 is 2.07 bits per heavy atom. The average Bonchev–Trinajstić information content (AvgIpc) is 3.36. The fourth-order valence-electron chi connectivity index (χ4n) is 4.61. The molecule has 6 heteroatoms. The first-order valence-electron chi connectivity index (χ1n) is 10.8. The molecule has 1 aliphatic carbocycles. The van der Waals surface area contributed by atoms with Crippen LogP contribution in [0.4, 0.5) is 0 Å². The number of benzene rings is 1. The lowest BCUT2D eigenvalue weighted by atomic mass is 9.89. The van der Waals surface area contributed by atoms with E-state index in [1.165, 1.54) is 32.1 Å². The highest BCUT2D eigenvalue weighted by Gasteiger charge is 2.22. The number of carbonyl (C=O) groups is 1. The number of nitrogens with zero attached hydrogens (tertiary/aromatic N) is 2. The number of amides is 1. The van der Waals surface area contributed by atoms with E-state index in [1.807, 2.05) is 23.1 Å². The lowest BCUT2D eigenvalue weighted by molar-refractivity contribution is 0.0719. The molecule has 1 saturated carbocycles. The van der Waals surface area contributed by atoms with Crippen LogP contribution in [-0.2, 0) is 11.2 Å². The molecule has 3 N–H and O–H groups in total. The van der Waals surface area contributed by atoms with Crippen molar-refractivity contribution in [1.82, 2.24) is 14.9 Å². The molecule has 6 nitrogen and oxygen atoms in total. The first-order chi connectivity index (χ1) is 13.7. The largest absolute Gasteiger partial charge is 0.378 e.